The molecule has 0 aliphatic carbocycles. The molecule has 0 saturated heterocycles. The average Bonchev–Trinajstić information content (AvgIpc) is 2.88. The van der Waals surface area contributed by atoms with Crippen molar-refractivity contribution in [3.8, 4) is 0 Å². The van der Waals surface area contributed by atoms with E-state index in [1.165, 1.54) is 10.6 Å². The first-order valence-electron chi connectivity index (χ1n) is 5.92. The van der Waals surface area contributed by atoms with Crippen LogP contribution in [-0.4, -0.2) is 13.6 Å². The van der Waals surface area contributed by atoms with Crippen LogP contribution >= 0.6 is 22.9 Å². The van der Waals surface area contributed by atoms with Crippen molar-refractivity contribution in [3.05, 3.63) is 51.2 Å². The monoisotopic (exact) mass is 280 g/mol. The maximum Gasteiger partial charge on any atom is 0.0410 e. The molecule has 2 aromatic rings. The Morgan fingerprint density at radius 1 is 1.33 bits per heavy atom. The molecule has 0 unspecified atom stereocenters. The zero-order valence-corrected chi connectivity index (χ0v) is 12.0. The molecule has 4 heteroatoms. The highest BCUT2D eigenvalue weighted by molar-refractivity contribution is 7.09. The summed E-state index contributed by atoms with van der Waals surface area (Å²) in [6.45, 7) is 1.49. The first kappa shape index (κ1) is 13.4. The van der Waals surface area contributed by atoms with Gasteiger partial charge in [-0.15, -0.1) is 11.3 Å². The molecule has 0 fully saturated rings. The Morgan fingerprint density at radius 3 is 2.83 bits per heavy atom. The lowest BCUT2D eigenvalue weighted by Gasteiger charge is -2.22. The van der Waals surface area contributed by atoms with Crippen LogP contribution in [0.3, 0.4) is 0 Å². The van der Waals surface area contributed by atoms with Crippen molar-refractivity contribution >= 4 is 28.6 Å². The third kappa shape index (κ3) is 3.25. The SMILES string of the molecule is CN(CCc1cccs1)c1ccc(Cl)cc1CN. The fourth-order valence-electron chi connectivity index (χ4n) is 1.94. The van der Waals surface area contributed by atoms with E-state index in [0.29, 0.717) is 6.54 Å². The molecule has 0 radical (unpaired) electrons. The predicted octanol–water partition coefficient (Wildman–Crippen LogP) is 3.54. The Kier molecular flexibility index (Phi) is 4.64. The van der Waals surface area contributed by atoms with Crippen LogP contribution in [0.15, 0.2) is 35.7 Å². The lowest BCUT2D eigenvalue weighted by atomic mass is 10.1. The van der Waals surface area contributed by atoms with Gasteiger partial charge in [-0.25, -0.2) is 0 Å². The lowest BCUT2D eigenvalue weighted by molar-refractivity contribution is 0.875. The molecule has 1 aromatic heterocycles. The average molecular weight is 281 g/mol. The zero-order chi connectivity index (χ0) is 13.0. The fraction of sp³-hybridized carbons (Fsp3) is 0.286. The van der Waals surface area contributed by atoms with Gasteiger partial charge in [0.15, 0.2) is 0 Å². The van der Waals surface area contributed by atoms with Gasteiger partial charge in [-0.2, -0.15) is 0 Å². The van der Waals surface area contributed by atoms with Crippen molar-refractivity contribution in [2.45, 2.75) is 13.0 Å². The van der Waals surface area contributed by atoms with E-state index in [-0.39, 0.29) is 0 Å². The van der Waals surface area contributed by atoms with Crippen molar-refractivity contribution in [1.82, 2.24) is 0 Å². The highest BCUT2D eigenvalue weighted by Gasteiger charge is 2.07. The first-order chi connectivity index (χ1) is 8.70. The Morgan fingerprint density at radius 2 is 2.17 bits per heavy atom. The molecule has 0 spiro atoms. The highest BCUT2D eigenvalue weighted by atomic mass is 35.5. The fourth-order valence-corrected chi connectivity index (χ4v) is 2.84. The lowest BCUT2D eigenvalue weighted by Crippen LogP contribution is -2.22. The zero-order valence-electron chi connectivity index (χ0n) is 10.4. The highest BCUT2D eigenvalue weighted by Crippen LogP contribution is 2.23. The van der Waals surface area contributed by atoms with Crippen LogP contribution in [0, 0.1) is 0 Å². The van der Waals surface area contributed by atoms with Crippen LogP contribution in [0.25, 0.3) is 0 Å². The summed E-state index contributed by atoms with van der Waals surface area (Å²) in [7, 11) is 2.09. The minimum Gasteiger partial charge on any atom is -0.374 e. The van der Waals surface area contributed by atoms with Crippen molar-refractivity contribution < 1.29 is 0 Å². The van der Waals surface area contributed by atoms with Crippen molar-refractivity contribution in [2.75, 3.05) is 18.5 Å². The molecule has 0 bridgehead atoms. The molecule has 1 aromatic carbocycles. The van der Waals surface area contributed by atoms with Crippen LogP contribution in [0.4, 0.5) is 5.69 Å². The Bertz CT molecular complexity index is 497. The number of halogens is 1. The quantitative estimate of drug-likeness (QED) is 0.908. The molecule has 0 atom stereocenters. The van der Waals surface area contributed by atoms with Crippen LogP contribution < -0.4 is 10.6 Å². The molecule has 0 aliphatic rings. The Labute approximate surface area is 117 Å². The largest absolute Gasteiger partial charge is 0.374 e. The molecular formula is C14H17ClN2S. The van der Waals surface area contributed by atoms with Gasteiger partial charge in [-0.3, -0.25) is 0 Å². The van der Waals surface area contributed by atoms with Crippen LogP contribution in [0.2, 0.25) is 5.02 Å². The van der Waals surface area contributed by atoms with Crippen LogP contribution in [-0.2, 0) is 13.0 Å². The van der Waals surface area contributed by atoms with Gasteiger partial charge in [0, 0.05) is 35.7 Å². The molecule has 0 saturated carbocycles. The van der Waals surface area contributed by atoms with Gasteiger partial charge in [0.1, 0.15) is 0 Å². The van der Waals surface area contributed by atoms with Crippen molar-refractivity contribution in [3.63, 3.8) is 0 Å². The van der Waals surface area contributed by atoms with E-state index in [2.05, 4.69) is 29.5 Å². The third-order valence-corrected chi connectivity index (χ3v) is 4.12. The van der Waals surface area contributed by atoms with E-state index >= 15 is 0 Å². The maximum atomic E-state index is 5.99. The predicted molar refractivity (Wildman–Crippen MR) is 80.6 cm³/mol. The van der Waals surface area contributed by atoms with Gasteiger partial charge in [-0.1, -0.05) is 17.7 Å². The summed E-state index contributed by atoms with van der Waals surface area (Å²) in [6.07, 6.45) is 1.06. The van der Waals surface area contributed by atoms with Gasteiger partial charge in [0.25, 0.3) is 0 Å². The van der Waals surface area contributed by atoms with E-state index in [4.69, 9.17) is 17.3 Å². The number of hydrogen-bond acceptors (Lipinski definition) is 3. The van der Waals surface area contributed by atoms with E-state index < -0.39 is 0 Å². The summed E-state index contributed by atoms with van der Waals surface area (Å²) >= 11 is 7.79. The molecule has 18 heavy (non-hydrogen) atoms. The summed E-state index contributed by atoms with van der Waals surface area (Å²) in [4.78, 5) is 3.64. The number of anilines is 1. The van der Waals surface area contributed by atoms with E-state index in [1.807, 2.05) is 18.2 Å². The number of rotatable bonds is 5. The molecule has 2 nitrogen and oxygen atoms in total. The van der Waals surface area contributed by atoms with E-state index in [0.717, 1.165) is 23.6 Å². The summed E-state index contributed by atoms with van der Waals surface area (Å²) in [5.74, 6) is 0. The smallest absolute Gasteiger partial charge is 0.0410 e. The Balaban J connectivity index is 2.06. The standard InChI is InChI=1S/C14H17ClN2S/c1-17(7-6-13-3-2-8-18-13)14-5-4-12(15)9-11(14)10-16/h2-5,8-9H,6-7,10,16H2,1H3. The van der Waals surface area contributed by atoms with E-state index in [1.54, 1.807) is 11.3 Å². The molecule has 1 heterocycles. The van der Waals surface area contributed by atoms with Gasteiger partial charge in [-0.05, 0) is 41.6 Å². The van der Waals surface area contributed by atoms with Gasteiger partial charge in [0.05, 0.1) is 0 Å². The summed E-state index contributed by atoms with van der Waals surface area (Å²) in [6, 6.07) is 10.2. The number of thiophene rings is 1. The summed E-state index contributed by atoms with van der Waals surface area (Å²) in [5, 5.41) is 2.86. The number of nitrogens with zero attached hydrogens (tertiary/aromatic N) is 1. The van der Waals surface area contributed by atoms with Crippen LogP contribution in [0.5, 0.6) is 0 Å². The molecule has 2 N–H and O–H groups in total. The maximum absolute atomic E-state index is 5.99. The second-order valence-corrected chi connectivity index (χ2v) is 5.70. The first-order valence-corrected chi connectivity index (χ1v) is 7.18. The normalized spacial score (nSPS) is 10.6. The Hall–Kier alpha value is -1.03. The molecular weight excluding hydrogens is 264 g/mol. The summed E-state index contributed by atoms with van der Waals surface area (Å²) in [5.41, 5.74) is 8.02. The number of hydrogen-bond donors (Lipinski definition) is 1. The topological polar surface area (TPSA) is 29.3 Å². The van der Waals surface area contributed by atoms with Crippen molar-refractivity contribution in [2.24, 2.45) is 5.73 Å². The minimum atomic E-state index is 0.513. The summed E-state index contributed by atoms with van der Waals surface area (Å²) < 4.78 is 0. The van der Waals surface area contributed by atoms with Crippen LogP contribution in [0.1, 0.15) is 10.4 Å². The van der Waals surface area contributed by atoms with E-state index in [9.17, 15) is 0 Å². The van der Waals surface area contributed by atoms with Gasteiger partial charge >= 0.3 is 0 Å². The van der Waals surface area contributed by atoms with Crippen molar-refractivity contribution in [1.29, 1.82) is 0 Å². The van der Waals surface area contributed by atoms with Gasteiger partial charge in [0.2, 0.25) is 0 Å². The second kappa shape index (κ2) is 6.23. The van der Waals surface area contributed by atoms with Gasteiger partial charge < -0.3 is 10.6 Å². The minimum absolute atomic E-state index is 0.513. The number of benzene rings is 1. The second-order valence-electron chi connectivity index (χ2n) is 4.23. The molecule has 0 amide bonds. The molecule has 96 valence electrons. The number of nitrogens with two attached hydrogens (primary N) is 1. The number of likely N-dealkylation sites (N-methyl/N-ethyl adjacent to an activating group) is 1. The molecule has 2 rings (SSSR count). The molecule has 0 aliphatic heterocycles. The third-order valence-electron chi connectivity index (χ3n) is 2.95.